The van der Waals surface area contributed by atoms with E-state index in [0.717, 1.165) is 31.7 Å². The topological polar surface area (TPSA) is 53.9 Å². The molecule has 2 heterocycles. The number of hydrogen-bond donors (Lipinski definition) is 1. The molecule has 0 spiro atoms. The monoisotopic (exact) mass is 369 g/mol. The normalized spacial score (nSPS) is 14.5. The largest absolute Gasteiger partial charge is 0.352 e. The van der Waals surface area contributed by atoms with E-state index in [-0.39, 0.29) is 11.6 Å². The molecule has 1 fully saturated rings. The molecule has 0 radical (unpaired) electrons. The van der Waals surface area contributed by atoms with E-state index in [9.17, 15) is 4.39 Å². The fourth-order valence-electron chi connectivity index (χ4n) is 2.97. The van der Waals surface area contributed by atoms with Crippen LogP contribution in [0.3, 0.4) is 0 Å². The number of nitrogens with one attached hydrogen (secondary N) is 1. The van der Waals surface area contributed by atoms with Crippen molar-refractivity contribution in [2.75, 3.05) is 31.1 Å². The lowest BCUT2D eigenvalue weighted by atomic mass is 10.1. The number of nitrogens with zero attached hydrogens (tertiary/aromatic N) is 4. The highest BCUT2D eigenvalue weighted by atomic mass is 35.5. The standard InChI is InChI=1S/C19H17ClFN5/c20-14-7-5-13(6-8-14)17-19(26-11-9-22-10-12-26)23-18(25-24-17)15-3-1-2-4-16(15)21/h1-8,22H,9-12H2. The van der Waals surface area contributed by atoms with E-state index >= 15 is 0 Å². The van der Waals surface area contributed by atoms with Gasteiger partial charge in [0.1, 0.15) is 11.5 Å². The molecule has 1 aromatic heterocycles. The summed E-state index contributed by atoms with van der Waals surface area (Å²) in [5, 5.41) is 12.6. The van der Waals surface area contributed by atoms with Gasteiger partial charge in [-0.05, 0) is 24.3 Å². The average Bonchev–Trinajstić information content (AvgIpc) is 2.69. The first-order valence-electron chi connectivity index (χ1n) is 8.43. The molecule has 1 aliphatic heterocycles. The fourth-order valence-corrected chi connectivity index (χ4v) is 3.09. The van der Waals surface area contributed by atoms with Crippen LogP contribution in [0.5, 0.6) is 0 Å². The molecule has 0 unspecified atom stereocenters. The van der Waals surface area contributed by atoms with Gasteiger partial charge in [0.25, 0.3) is 0 Å². The van der Waals surface area contributed by atoms with Gasteiger partial charge in [-0.2, -0.15) is 0 Å². The number of anilines is 1. The van der Waals surface area contributed by atoms with E-state index in [1.54, 1.807) is 18.2 Å². The van der Waals surface area contributed by atoms with Crippen molar-refractivity contribution in [1.82, 2.24) is 20.5 Å². The van der Waals surface area contributed by atoms with Crippen molar-refractivity contribution < 1.29 is 4.39 Å². The van der Waals surface area contributed by atoms with Crippen LogP contribution in [0.25, 0.3) is 22.6 Å². The van der Waals surface area contributed by atoms with Crippen LogP contribution in [-0.4, -0.2) is 41.4 Å². The Kier molecular flexibility index (Phi) is 4.77. The predicted octanol–water partition coefficient (Wildman–Crippen LogP) is 3.41. The van der Waals surface area contributed by atoms with Crippen LogP contribution in [0, 0.1) is 5.82 Å². The van der Waals surface area contributed by atoms with Crippen molar-refractivity contribution in [2.45, 2.75) is 0 Å². The molecule has 7 heteroatoms. The maximum absolute atomic E-state index is 14.2. The molecule has 4 rings (SSSR count). The quantitative estimate of drug-likeness (QED) is 0.766. The summed E-state index contributed by atoms with van der Waals surface area (Å²) in [5.41, 5.74) is 1.89. The zero-order chi connectivity index (χ0) is 17.9. The van der Waals surface area contributed by atoms with Gasteiger partial charge in [-0.3, -0.25) is 0 Å². The molecule has 1 aliphatic rings. The summed E-state index contributed by atoms with van der Waals surface area (Å²) in [6, 6.07) is 13.9. The molecular weight excluding hydrogens is 353 g/mol. The van der Waals surface area contributed by atoms with Gasteiger partial charge in [0.15, 0.2) is 11.6 Å². The first-order valence-corrected chi connectivity index (χ1v) is 8.81. The van der Waals surface area contributed by atoms with Gasteiger partial charge in [-0.25, -0.2) is 9.37 Å². The maximum atomic E-state index is 14.2. The highest BCUT2D eigenvalue weighted by Gasteiger charge is 2.21. The maximum Gasteiger partial charge on any atom is 0.186 e. The first kappa shape index (κ1) is 16.9. The number of aromatic nitrogens is 3. The van der Waals surface area contributed by atoms with Crippen LogP contribution in [0.2, 0.25) is 5.02 Å². The van der Waals surface area contributed by atoms with Crippen LogP contribution in [0.4, 0.5) is 10.2 Å². The lowest BCUT2D eigenvalue weighted by Gasteiger charge is -2.29. The minimum atomic E-state index is -0.361. The average molecular weight is 370 g/mol. The highest BCUT2D eigenvalue weighted by Crippen LogP contribution is 2.30. The molecule has 0 saturated carbocycles. The molecule has 26 heavy (non-hydrogen) atoms. The molecule has 132 valence electrons. The van der Waals surface area contributed by atoms with E-state index in [1.165, 1.54) is 6.07 Å². The number of benzene rings is 2. The summed E-state index contributed by atoms with van der Waals surface area (Å²) in [5.74, 6) is 0.635. The Labute approximate surface area is 155 Å². The number of halogens is 2. The van der Waals surface area contributed by atoms with Crippen LogP contribution in [-0.2, 0) is 0 Å². The smallest absolute Gasteiger partial charge is 0.186 e. The third-order valence-electron chi connectivity index (χ3n) is 4.32. The molecule has 0 atom stereocenters. The molecule has 0 amide bonds. The van der Waals surface area contributed by atoms with E-state index in [2.05, 4.69) is 25.4 Å². The van der Waals surface area contributed by atoms with Gasteiger partial charge in [0, 0.05) is 36.8 Å². The van der Waals surface area contributed by atoms with Crippen molar-refractivity contribution >= 4 is 17.4 Å². The van der Waals surface area contributed by atoms with Crippen molar-refractivity contribution in [3.8, 4) is 22.6 Å². The Balaban J connectivity index is 1.83. The Morgan fingerprint density at radius 1 is 0.962 bits per heavy atom. The van der Waals surface area contributed by atoms with Crippen LogP contribution in [0.15, 0.2) is 48.5 Å². The van der Waals surface area contributed by atoms with E-state index in [0.29, 0.717) is 22.1 Å². The third-order valence-corrected chi connectivity index (χ3v) is 4.57. The summed E-state index contributed by atoms with van der Waals surface area (Å²) in [4.78, 5) is 6.83. The Morgan fingerprint density at radius 3 is 2.42 bits per heavy atom. The molecular formula is C19H17ClFN5. The summed E-state index contributed by atoms with van der Waals surface area (Å²) in [7, 11) is 0. The molecule has 5 nitrogen and oxygen atoms in total. The minimum absolute atomic E-state index is 0.286. The van der Waals surface area contributed by atoms with Crippen LogP contribution < -0.4 is 10.2 Å². The van der Waals surface area contributed by atoms with E-state index in [4.69, 9.17) is 11.6 Å². The van der Waals surface area contributed by atoms with Gasteiger partial charge < -0.3 is 10.2 Å². The van der Waals surface area contributed by atoms with Crippen molar-refractivity contribution in [3.63, 3.8) is 0 Å². The number of piperazine rings is 1. The van der Waals surface area contributed by atoms with Gasteiger partial charge >= 0.3 is 0 Å². The lowest BCUT2D eigenvalue weighted by Crippen LogP contribution is -2.44. The van der Waals surface area contributed by atoms with Crippen molar-refractivity contribution in [1.29, 1.82) is 0 Å². The zero-order valence-electron chi connectivity index (χ0n) is 14.0. The van der Waals surface area contributed by atoms with Gasteiger partial charge in [0.2, 0.25) is 0 Å². The number of rotatable bonds is 3. The molecule has 1 N–H and O–H groups in total. The first-order chi connectivity index (χ1) is 12.7. The van der Waals surface area contributed by atoms with Crippen LogP contribution in [0.1, 0.15) is 0 Å². The Morgan fingerprint density at radius 2 is 1.69 bits per heavy atom. The lowest BCUT2D eigenvalue weighted by molar-refractivity contribution is 0.583. The zero-order valence-corrected chi connectivity index (χ0v) is 14.7. The highest BCUT2D eigenvalue weighted by molar-refractivity contribution is 6.30. The molecule has 0 bridgehead atoms. The summed E-state index contributed by atoms with van der Waals surface area (Å²) in [6.45, 7) is 3.32. The minimum Gasteiger partial charge on any atom is -0.352 e. The second-order valence-corrected chi connectivity index (χ2v) is 6.47. The van der Waals surface area contributed by atoms with Crippen molar-refractivity contribution in [3.05, 3.63) is 59.4 Å². The summed E-state index contributed by atoms with van der Waals surface area (Å²) < 4.78 is 14.2. The molecule has 1 saturated heterocycles. The van der Waals surface area contributed by atoms with Gasteiger partial charge in [-0.1, -0.05) is 35.9 Å². The predicted molar refractivity (Wildman–Crippen MR) is 101 cm³/mol. The van der Waals surface area contributed by atoms with E-state index < -0.39 is 0 Å². The Hall–Kier alpha value is -2.57. The van der Waals surface area contributed by atoms with Gasteiger partial charge in [0.05, 0.1) is 5.56 Å². The molecule has 2 aromatic carbocycles. The third kappa shape index (κ3) is 3.38. The van der Waals surface area contributed by atoms with Crippen molar-refractivity contribution in [2.24, 2.45) is 0 Å². The fraction of sp³-hybridized carbons (Fsp3) is 0.211. The summed E-state index contributed by atoms with van der Waals surface area (Å²) >= 11 is 6.00. The second-order valence-electron chi connectivity index (χ2n) is 6.03. The molecule has 0 aliphatic carbocycles. The van der Waals surface area contributed by atoms with E-state index in [1.807, 2.05) is 24.3 Å². The summed E-state index contributed by atoms with van der Waals surface area (Å²) in [6.07, 6.45) is 0. The van der Waals surface area contributed by atoms with Crippen LogP contribution >= 0.6 is 11.6 Å². The second kappa shape index (κ2) is 7.35. The SMILES string of the molecule is Fc1ccccc1-c1nnc(-c2ccc(Cl)cc2)c(N2CCNCC2)n1. The number of hydrogen-bond acceptors (Lipinski definition) is 5. The Bertz CT molecular complexity index is 910. The van der Waals surface area contributed by atoms with Gasteiger partial charge in [-0.15, -0.1) is 10.2 Å². The molecule has 3 aromatic rings.